The molecule has 9 heteroatoms. The van der Waals surface area contributed by atoms with Gasteiger partial charge in [-0.1, -0.05) is 17.7 Å². The number of nitrogens with one attached hydrogen (secondary N) is 2. The Morgan fingerprint density at radius 3 is 1.93 bits per heavy atom. The number of piperazine rings is 1. The van der Waals surface area contributed by atoms with Crippen LogP contribution in [0, 0.1) is 6.92 Å². The van der Waals surface area contributed by atoms with Gasteiger partial charge in [-0.15, -0.1) is 0 Å². The third kappa shape index (κ3) is 5.65. The predicted molar refractivity (Wildman–Crippen MR) is 116 cm³/mol. The lowest BCUT2D eigenvalue weighted by Gasteiger charge is -2.33. The zero-order valence-electron chi connectivity index (χ0n) is 17.1. The Labute approximate surface area is 176 Å². The summed E-state index contributed by atoms with van der Waals surface area (Å²) in [6.45, 7) is 5.19. The maximum absolute atomic E-state index is 12.8. The van der Waals surface area contributed by atoms with Crippen LogP contribution in [-0.4, -0.2) is 62.2 Å². The molecule has 1 fully saturated rings. The lowest BCUT2D eigenvalue weighted by atomic mass is 10.2. The number of hydrogen-bond donors (Lipinski definition) is 2. The third-order valence-electron chi connectivity index (χ3n) is 4.85. The van der Waals surface area contributed by atoms with Gasteiger partial charge in [-0.2, -0.15) is 4.31 Å². The van der Waals surface area contributed by atoms with E-state index in [1.807, 2.05) is 11.8 Å². The minimum Gasteiger partial charge on any atom is -0.326 e. The molecule has 0 unspecified atom stereocenters. The summed E-state index contributed by atoms with van der Waals surface area (Å²) in [7, 11) is -3.52. The highest BCUT2D eigenvalue weighted by Gasteiger charge is 2.28. The first kappa shape index (κ1) is 21.9. The van der Waals surface area contributed by atoms with Crippen molar-refractivity contribution in [1.82, 2.24) is 9.21 Å². The van der Waals surface area contributed by atoms with Gasteiger partial charge in [-0.3, -0.25) is 14.5 Å². The first-order valence-corrected chi connectivity index (χ1v) is 11.1. The molecule has 3 rings (SSSR count). The second-order valence-electron chi connectivity index (χ2n) is 7.30. The van der Waals surface area contributed by atoms with E-state index in [0.29, 0.717) is 42.4 Å². The van der Waals surface area contributed by atoms with Crippen molar-refractivity contribution >= 4 is 33.2 Å². The molecule has 0 saturated carbocycles. The number of anilines is 2. The number of benzene rings is 2. The van der Waals surface area contributed by atoms with Crippen LogP contribution in [0.1, 0.15) is 12.5 Å². The molecule has 0 aliphatic carbocycles. The fraction of sp³-hybridized carbons (Fsp3) is 0.333. The topological polar surface area (TPSA) is 98.8 Å². The van der Waals surface area contributed by atoms with Gasteiger partial charge in [0.25, 0.3) is 0 Å². The highest BCUT2D eigenvalue weighted by Crippen LogP contribution is 2.18. The standard InChI is InChI=1S/C21H26N4O4S/c1-16-3-9-20(10-4-16)30(28,29)25-13-11-24(12-14-25)15-21(27)23-19-7-5-18(6-8-19)22-17(2)26/h3-10H,11-15H2,1-2H3,(H,22,26)(H,23,27). The summed E-state index contributed by atoms with van der Waals surface area (Å²) in [6.07, 6.45) is 0. The zero-order chi connectivity index (χ0) is 21.7. The first-order chi connectivity index (χ1) is 14.2. The van der Waals surface area contributed by atoms with Gasteiger partial charge >= 0.3 is 0 Å². The largest absolute Gasteiger partial charge is 0.326 e. The van der Waals surface area contributed by atoms with E-state index in [4.69, 9.17) is 0 Å². The fourth-order valence-corrected chi connectivity index (χ4v) is 4.65. The summed E-state index contributed by atoms with van der Waals surface area (Å²) in [5.41, 5.74) is 2.30. The number of rotatable bonds is 6. The second-order valence-corrected chi connectivity index (χ2v) is 9.24. The molecule has 8 nitrogen and oxygen atoms in total. The molecule has 1 saturated heterocycles. The monoisotopic (exact) mass is 430 g/mol. The molecule has 0 atom stereocenters. The summed E-state index contributed by atoms with van der Waals surface area (Å²) in [6, 6.07) is 13.7. The number of hydrogen-bond acceptors (Lipinski definition) is 5. The molecule has 0 aromatic heterocycles. The Morgan fingerprint density at radius 1 is 0.867 bits per heavy atom. The average Bonchev–Trinajstić information content (AvgIpc) is 2.70. The minimum absolute atomic E-state index is 0.157. The predicted octanol–water partition coefficient (Wildman–Crippen LogP) is 1.90. The number of sulfonamides is 1. The van der Waals surface area contributed by atoms with Crippen LogP contribution >= 0.6 is 0 Å². The Kier molecular flexibility index (Phi) is 6.86. The summed E-state index contributed by atoms with van der Waals surface area (Å²) in [5.74, 6) is -0.326. The summed E-state index contributed by atoms with van der Waals surface area (Å²) >= 11 is 0. The smallest absolute Gasteiger partial charge is 0.243 e. The van der Waals surface area contributed by atoms with Crippen LogP contribution in [0.4, 0.5) is 11.4 Å². The first-order valence-electron chi connectivity index (χ1n) is 9.71. The Morgan fingerprint density at radius 2 is 1.40 bits per heavy atom. The number of amides is 2. The maximum atomic E-state index is 12.8. The van der Waals surface area contributed by atoms with Gasteiger partial charge < -0.3 is 10.6 Å². The molecular formula is C21H26N4O4S. The molecule has 1 aliphatic heterocycles. The molecule has 2 aromatic rings. The number of carbonyl (C=O) groups is 2. The fourth-order valence-electron chi connectivity index (χ4n) is 3.23. The van der Waals surface area contributed by atoms with Gasteiger partial charge in [-0.25, -0.2) is 8.42 Å². The Bertz CT molecular complexity index is 996. The van der Waals surface area contributed by atoms with E-state index < -0.39 is 10.0 Å². The van der Waals surface area contributed by atoms with Crippen LogP contribution in [0.3, 0.4) is 0 Å². The molecule has 30 heavy (non-hydrogen) atoms. The highest BCUT2D eigenvalue weighted by molar-refractivity contribution is 7.89. The Hall–Kier alpha value is -2.75. The van der Waals surface area contributed by atoms with E-state index in [0.717, 1.165) is 5.56 Å². The SMILES string of the molecule is CC(=O)Nc1ccc(NC(=O)CN2CCN(S(=O)(=O)c3ccc(C)cc3)CC2)cc1. The van der Waals surface area contributed by atoms with Gasteiger partial charge in [-0.05, 0) is 43.3 Å². The minimum atomic E-state index is -3.52. The van der Waals surface area contributed by atoms with Crippen LogP contribution in [0.5, 0.6) is 0 Å². The van der Waals surface area contributed by atoms with Crippen LogP contribution in [-0.2, 0) is 19.6 Å². The molecule has 0 bridgehead atoms. The molecule has 2 N–H and O–H groups in total. The number of carbonyl (C=O) groups excluding carboxylic acids is 2. The van der Waals surface area contributed by atoms with Crippen molar-refractivity contribution in [2.24, 2.45) is 0 Å². The van der Waals surface area contributed by atoms with E-state index in [1.165, 1.54) is 11.2 Å². The molecule has 0 radical (unpaired) electrons. The van der Waals surface area contributed by atoms with E-state index >= 15 is 0 Å². The van der Waals surface area contributed by atoms with Gasteiger partial charge in [0.05, 0.1) is 11.4 Å². The maximum Gasteiger partial charge on any atom is 0.243 e. The van der Waals surface area contributed by atoms with Gasteiger partial charge in [0.1, 0.15) is 0 Å². The van der Waals surface area contributed by atoms with Gasteiger partial charge in [0.2, 0.25) is 21.8 Å². The van der Waals surface area contributed by atoms with Crippen molar-refractivity contribution < 1.29 is 18.0 Å². The van der Waals surface area contributed by atoms with Crippen molar-refractivity contribution in [2.45, 2.75) is 18.7 Å². The van der Waals surface area contributed by atoms with E-state index in [-0.39, 0.29) is 18.4 Å². The zero-order valence-corrected chi connectivity index (χ0v) is 17.9. The molecule has 160 valence electrons. The van der Waals surface area contributed by atoms with Crippen molar-refractivity contribution in [3.63, 3.8) is 0 Å². The van der Waals surface area contributed by atoms with Crippen molar-refractivity contribution in [1.29, 1.82) is 0 Å². The van der Waals surface area contributed by atoms with E-state index in [1.54, 1.807) is 48.5 Å². The molecular weight excluding hydrogens is 404 g/mol. The van der Waals surface area contributed by atoms with Crippen molar-refractivity contribution in [3.05, 3.63) is 54.1 Å². The Balaban J connectivity index is 1.50. The second kappa shape index (κ2) is 9.38. The lowest BCUT2D eigenvalue weighted by Crippen LogP contribution is -2.50. The van der Waals surface area contributed by atoms with Crippen LogP contribution < -0.4 is 10.6 Å². The summed E-state index contributed by atoms with van der Waals surface area (Å²) < 4.78 is 27.0. The molecule has 1 aliphatic rings. The highest BCUT2D eigenvalue weighted by atomic mass is 32.2. The number of aryl methyl sites for hydroxylation is 1. The number of nitrogens with zero attached hydrogens (tertiary/aromatic N) is 2. The quantitative estimate of drug-likeness (QED) is 0.729. The molecule has 2 amide bonds. The molecule has 1 heterocycles. The van der Waals surface area contributed by atoms with Crippen molar-refractivity contribution in [3.8, 4) is 0 Å². The summed E-state index contributed by atoms with van der Waals surface area (Å²) in [5, 5.41) is 5.49. The van der Waals surface area contributed by atoms with E-state index in [9.17, 15) is 18.0 Å². The van der Waals surface area contributed by atoms with Crippen LogP contribution in [0.2, 0.25) is 0 Å². The lowest BCUT2D eigenvalue weighted by molar-refractivity contribution is -0.117. The average molecular weight is 431 g/mol. The summed E-state index contributed by atoms with van der Waals surface area (Å²) in [4.78, 5) is 25.6. The van der Waals surface area contributed by atoms with Crippen molar-refractivity contribution in [2.75, 3.05) is 43.4 Å². The van der Waals surface area contributed by atoms with E-state index in [2.05, 4.69) is 10.6 Å². The molecule has 2 aromatic carbocycles. The van der Waals surface area contributed by atoms with Gasteiger partial charge in [0.15, 0.2) is 0 Å². The van der Waals surface area contributed by atoms with Crippen LogP contribution in [0.25, 0.3) is 0 Å². The van der Waals surface area contributed by atoms with Crippen LogP contribution in [0.15, 0.2) is 53.4 Å². The molecule has 0 spiro atoms. The normalized spacial score (nSPS) is 15.5. The third-order valence-corrected chi connectivity index (χ3v) is 6.76. The van der Waals surface area contributed by atoms with Gasteiger partial charge in [0, 0.05) is 44.5 Å².